The Labute approximate surface area is 140 Å². The minimum Gasteiger partial charge on any atom is -0.497 e. The summed E-state index contributed by atoms with van der Waals surface area (Å²) in [5, 5.41) is 2.93. The number of carbonyl (C=O) groups is 1. The van der Waals surface area contributed by atoms with Crippen molar-refractivity contribution in [2.45, 2.75) is 13.0 Å². The molecular weight excluding hydrogens is 306 g/mol. The van der Waals surface area contributed by atoms with Crippen molar-refractivity contribution in [3.05, 3.63) is 59.7 Å². The van der Waals surface area contributed by atoms with Crippen LogP contribution in [0.15, 0.2) is 48.5 Å². The molecule has 2 aromatic rings. The van der Waals surface area contributed by atoms with Gasteiger partial charge in [0.2, 0.25) is 12.7 Å². The molecule has 0 saturated heterocycles. The lowest BCUT2D eigenvalue weighted by Crippen LogP contribution is -2.24. The molecule has 0 aromatic heterocycles. The lowest BCUT2D eigenvalue weighted by Gasteiger charge is -2.13. The van der Waals surface area contributed by atoms with E-state index in [2.05, 4.69) is 5.32 Å². The zero-order valence-corrected chi connectivity index (χ0v) is 13.6. The summed E-state index contributed by atoms with van der Waals surface area (Å²) in [5.74, 6) is 2.03. The van der Waals surface area contributed by atoms with E-state index >= 15 is 0 Å². The molecule has 0 radical (unpaired) electrons. The first-order valence-corrected chi connectivity index (χ1v) is 7.68. The van der Waals surface area contributed by atoms with Gasteiger partial charge < -0.3 is 19.5 Å². The first kappa shape index (κ1) is 15.9. The standard InChI is InChI=1S/C19H19NO4/c1-13(15-7-8-17-18(11-15)24-12-23-17)20-19(21)9-6-14-4-3-5-16(10-14)22-2/h3-11,13H,12H2,1-2H3,(H,20,21)/b9-6+. The third-order valence-corrected chi connectivity index (χ3v) is 3.78. The molecule has 5 nitrogen and oxygen atoms in total. The molecule has 3 rings (SSSR count). The fourth-order valence-electron chi connectivity index (χ4n) is 2.44. The summed E-state index contributed by atoms with van der Waals surface area (Å²) in [6, 6.07) is 13.0. The average Bonchev–Trinajstić information content (AvgIpc) is 3.07. The molecule has 1 unspecified atom stereocenters. The Hall–Kier alpha value is -2.95. The first-order chi connectivity index (χ1) is 11.7. The highest BCUT2D eigenvalue weighted by atomic mass is 16.7. The zero-order chi connectivity index (χ0) is 16.9. The maximum Gasteiger partial charge on any atom is 0.244 e. The molecular formula is C19H19NO4. The van der Waals surface area contributed by atoms with Gasteiger partial charge in [-0.05, 0) is 48.4 Å². The minimum atomic E-state index is -0.164. The summed E-state index contributed by atoms with van der Waals surface area (Å²) in [4.78, 5) is 12.1. The van der Waals surface area contributed by atoms with Gasteiger partial charge in [0.15, 0.2) is 11.5 Å². The van der Waals surface area contributed by atoms with Gasteiger partial charge in [0, 0.05) is 6.08 Å². The minimum absolute atomic E-state index is 0.137. The Morgan fingerprint density at radius 1 is 1.21 bits per heavy atom. The highest BCUT2D eigenvalue weighted by molar-refractivity contribution is 5.92. The topological polar surface area (TPSA) is 56.8 Å². The second-order valence-electron chi connectivity index (χ2n) is 5.45. The molecule has 0 bridgehead atoms. The zero-order valence-electron chi connectivity index (χ0n) is 13.6. The van der Waals surface area contributed by atoms with Gasteiger partial charge in [-0.15, -0.1) is 0 Å². The van der Waals surface area contributed by atoms with E-state index in [1.807, 2.05) is 49.4 Å². The van der Waals surface area contributed by atoms with Gasteiger partial charge in [-0.3, -0.25) is 4.79 Å². The first-order valence-electron chi connectivity index (χ1n) is 7.68. The van der Waals surface area contributed by atoms with Gasteiger partial charge in [-0.25, -0.2) is 0 Å². The lowest BCUT2D eigenvalue weighted by molar-refractivity contribution is -0.117. The van der Waals surface area contributed by atoms with Gasteiger partial charge in [0.1, 0.15) is 5.75 Å². The highest BCUT2D eigenvalue weighted by Gasteiger charge is 2.16. The molecule has 0 fully saturated rings. The van der Waals surface area contributed by atoms with E-state index in [0.717, 1.165) is 22.6 Å². The Bertz CT molecular complexity index is 770. The van der Waals surface area contributed by atoms with Crippen LogP contribution in [0.3, 0.4) is 0 Å². The lowest BCUT2D eigenvalue weighted by atomic mass is 10.1. The van der Waals surface area contributed by atoms with Crippen LogP contribution >= 0.6 is 0 Å². The third-order valence-electron chi connectivity index (χ3n) is 3.78. The van der Waals surface area contributed by atoms with Crippen molar-refractivity contribution in [2.75, 3.05) is 13.9 Å². The van der Waals surface area contributed by atoms with E-state index in [-0.39, 0.29) is 18.7 Å². The number of rotatable bonds is 5. The fourth-order valence-corrected chi connectivity index (χ4v) is 2.44. The summed E-state index contributed by atoms with van der Waals surface area (Å²) in [6.07, 6.45) is 3.27. The van der Waals surface area contributed by atoms with Crippen LogP contribution in [0.2, 0.25) is 0 Å². The quantitative estimate of drug-likeness (QED) is 0.857. The maximum atomic E-state index is 12.1. The van der Waals surface area contributed by atoms with Crippen molar-refractivity contribution in [3.63, 3.8) is 0 Å². The van der Waals surface area contributed by atoms with Crippen LogP contribution in [0.5, 0.6) is 17.2 Å². The normalized spacial score (nSPS) is 13.8. The van der Waals surface area contributed by atoms with Crippen molar-refractivity contribution < 1.29 is 19.0 Å². The second kappa shape index (κ2) is 7.08. The second-order valence-corrected chi connectivity index (χ2v) is 5.45. The average molecular weight is 325 g/mol. The van der Waals surface area contributed by atoms with Gasteiger partial charge in [-0.2, -0.15) is 0 Å². The number of carbonyl (C=O) groups excluding carboxylic acids is 1. The predicted octanol–water partition coefficient (Wildman–Crippen LogP) is 3.31. The molecule has 1 N–H and O–H groups in total. The number of hydrogen-bond donors (Lipinski definition) is 1. The van der Waals surface area contributed by atoms with Crippen molar-refractivity contribution in [2.24, 2.45) is 0 Å². The fraction of sp³-hybridized carbons (Fsp3) is 0.211. The van der Waals surface area contributed by atoms with E-state index in [0.29, 0.717) is 5.75 Å². The Morgan fingerprint density at radius 3 is 2.88 bits per heavy atom. The summed E-state index contributed by atoms with van der Waals surface area (Å²) >= 11 is 0. The van der Waals surface area contributed by atoms with Crippen LogP contribution in [0.4, 0.5) is 0 Å². The van der Waals surface area contributed by atoms with E-state index < -0.39 is 0 Å². The van der Waals surface area contributed by atoms with E-state index in [4.69, 9.17) is 14.2 Å². The van der Waals surface area contributed by atoms with Crippen molar-refractivity contribution in [3.8, 4) is 17.2 Å². The largest absolute Gasteiger partial charge is 0.497 e. The summed E-state index contributed by atoms with van der Waals surface area (Å²) in [6.45, 7) is 2.16. The third kappa shape index (κ3) is 3.68. The number of hydrogen-bond acceptors (Lipinski definition) is 4. The van der Waals surface area contributed by atoms with E-state index in [1.54, 1.807) is 13.2 Å². The number of fused-ring (bicyclic) bond motifs is 1. The Kier molecular flexibility index (Phi) is 4.70. The van der Waals surface area contributed by atoms with Gasteiger partial charge in [0.05, 0.1) is 13.2 Å². The molecule has 1 amide bonds. The molecule has 1 aliphatic heterocycles. The Morgan fingerprint density at radius 2 is 2.04 bits per heavy atom. The van der Waals surface area contributed by atoms with Crippen LogP contribution in [-0.4, -0.2) is 19.8 Å². The van der Waals surface area contributed by atoms with Crippen LogP contribution in [-0.2, 0) is 4.79 Å². The van der Waals surface area contributed by atoms with Gasteiger partial charge in [0.25, 0.3) is 0 Å². The van der Waals surface area contributed by atoms with Crippen molar-refractivity contribution in [1.82, 2.24) is 5.32 Å². The number of ether oxygens (including phenoxy) is 3. The molecule has 5 heteroatoms. The van der Waals surface area contributed by atoms with Crippen LogP contribution in [0.1, 0.15) is 24.1 Å². The number of benzene rings is 2. The summed E-state index contributed by atoms with van der Waals surface area (Å²) in [5.41, 5.74) is 1.86. The molecule has 1 aliphatic rings. The molecule has 0 saturated carbocycles. The van der Waals surface area contributed by atoms with Crippen LogP contribution in [0, 0.1) is 0 Å². The van der Waals surface area contributed by atoms with Crippen LogP contribution < -0.4 is 19.5 Å². The van der Waals surface area contributed by atoms with Crippen molar-refractivity contribution >= 4 is 12.0 Å². The molecule has 1 atom stereocenters. The number of amides is 1. The highest BCUT2D eigenvalue weighted by Crippen LogP contribution is 2.34. The molecule has 124 valence electrons. The van der Waals surface area contributed by atoms with Crippen LogP contribution in [0.25, 0.3) is 6.08 Å². The molecule has 1 heterocycles. The molecule has 2 aromatic carbocycles. The SMILES string of the molecule is COc1cccc(/C=C/C(=O)NC(C)c2ccc3c(c2)OCO3)c1. The maximum absolute atomic E-state index is 12.1. The number of nitrogens with one attached hydrogen (secondary N) is 1. The number of methoxy groups -OCH3 is 1. The molecule has 0 spiro atoms. The van der Waals surface area contributed by atoms with Crippen molar-refractivity contribution in [1.29, 1.82) is 0 Å². The van der Waals surface area contributed by atoms with Gasteiger partial charge >= 0.3 is 0 Å². The monoisotopic (exact) mass is 325 g/mol. The van der Waals surface area contributed by atoms with E-state index in [9.17, 15) is 4.79 Å². The summed E-state index contributed by atoms with van der Waals surface area (Å²) in [7, 11) is 1.61. The smallest absolute Gasteiger partial charge is 0.244 e. The molecule has 0 aliphatic carbocycles. The summed E-state index contributed by atoms with van der Waals surface area (Å²) < 4.78 is 15.8. The van der Waals surface area contributed by atoms with Gasteiger partial charge in [-0.1, -0.05) is 18.2 Å². The Balaban J connectivity index is 1.62. The predicted molar refractivity (Wildman–Crippen MR) is 91.2 cm³/mol. The van der Waals surface area contributed by atoms with E-state index in [1.165, 1.54) is 6.08 Å². The molecule has 24 heavy (non-hydrogen) atoms.